The first-order chi connectivity index (χ1) is 5.52. The molecule has 0 aromatic carbocycles. The van der Waals surface area contributed by atoms with Gasteiger partial charge in [0.15, 0.2) is 18.7 Å². The van der Waals surface area contributed by atoms with E-state index in [2.05, 4.69) is 4.98 Å². The van der Waals surface area contributed by atoms with Crippen molar-refractivity contribution >= 4 is 35.1 Å². The quantitative estimate of drug-likeness (QED) is 0.609. The van der Waals surface area contributed by atoms with E-state index in [0.29, 0.717) is 0 Å². The van der Waals surface area contributed by atoms with E-state index in [1.54, 1.807) is 12.7 Å². The van der Waals surface area contributed by atoms with Crippen LogP contribution < -0.4 is 9.68 Å². The van der Waals surface area contributed by atoms with Gasteiger partial charge < -0.3 is 10.0 Å². The van der Waals surface area contributed by atoms with Crippen LogP contribution in [-0.2, 0) is 0 Å². The predicted octanol–water partition coefficient (Wildman–Crippen LogP) is -0.834. The Bertz CT molecular complexity index is 310. The summed E-state index contributed by atoms with van der Waals surface area (Å²) in [4.78, 5) is 16.3. The molecule has 6 heteroatoms. The number of hydrogen-bond acceptors (Lipinski definition) is 4. The molecule has 0 amide bonds. The van der Waals surface area contributed by atoms with Gasteiger partial charge in [0.2, 0.25) is 0 Å². The van der Waals surface area contributed by atoms with Crippen molar-refractivity contribution in [3.8, 4) is 0 Å². The number of carbonyl (C=O) groups is 1. The van der Waals surface area contributed by atoms with Crippen LogP contribution in [0.15, 0.2) is 0 Å². The lowest BCUT2D eigenvalue weighted by Gasteiger charge is -2.04. The minimum absolute atomic E-state index is 0.156. The molecule has 1 aromatic rings. The number of carboxylic acid groups (broad SMARTS) is 1. The number of aromatic nitrogens is 1. The van der Waals surface area contributed by atoms with Gasteiger partial charge in [-0.3, -0.25) is 0 Å². The highest BCUT2D eigenvalue weighted by Gasteiger charge is 2.13. The van der Waals surface area contributed by atoms with Gasteiger partial charge in [0.25, 0.3) is 0 Å². The standard InChI is InChI=1S/C6H9BN2O2S/c1-9(2)6-8-3(5(10)11)4(7)12-6/h7H2,1-2H3,(H,10,11). The first-order valence-corrected chi connectivity index (χ1v) is 4.22. The van der Waals surface area contributed by atoms with Crippen LogP contribution in [0.5, 0.6) is 0 Å². The molecular weight excluding hydrogens is 175 g/mol. The molecule has 1 rings (SSSR count). The van der Waals surface area contributed by atoms with E-state index in [-0.39, 0.29) is 5.69 Å². The number of rotatable bonds is 2. The van der Waals surface area contributed by atoms with Crippen molar-refractivity contribution in [1.29, 1.82) is 0 Å². The van der Waals surface area contributed by atoms with Crippen molar-refractivity contribution in [1.82, 2.24) is 4.98 Å². The maximum atomic E-state index is 10.6. The summed E-state index contributed by atoms with van der Waals surface area (Å²) >= 11 is 1.38. The van der Waals surface area contributed by atoms with Gasteiger partial charge >= 0.3 is 5.97 Å². The Labute approximate surface area is 75.3 Å². The minimum Gasteiger partial charge on any atom is -0.477 e. The smallest absolute Gasteiger partial charge is 0.354 e. The Balaban J connectivity index is 3.09. The third kappa shape index (κ3) is 1.58. The highest BCUT2D eigenvalue weighted by atomic mass is 32.1. The molecular formula is C6H9BN2O2S. The Hall–Kier alpha value is -1.04. The zero-order valence-corrected chi connectivity index (χ0v) is 7.97. The first-order valence-electron chi connectivity index (χ1n) is 3.40. The molecule has 0 aliphatic heterocycles. The van der Waals surface area contributed by atoms with Gasteiger partial charge in [0, 0.05) is 14.1 Å². The van der Waals surface area contributed by atoms with Gasteiger partial charge in [-0.05, 0) is 4.78 Å². The summed E-state index contributed by atoms with van der Waals surface area (Å²) in [5.74, 6) is -0.961. The SMILES string of the molecule is Bc1sc(N(C)C)nc1C(=O)O. The van der Waals surface area contributed by atoms with Crippen molar-refractivity contribution in [3.05, 3.63) is 5.69 Å². The molecule has 0 spiro atoms. The molecule has 0 atom stereocenters. The molecule has 0 unspecified atom stereocenters. The Kier molecular flexibility index (Phi) is 2.37. The molecule has 0 aliphatic rings. The summed E-state index contributed by atoms with van der Waals surface area (Å²) in [6, 6.07) is 0. The van der Waals surface area contributed by atoms with Crippen LogP contribution in [0, 0.1) is 0 Å². The van der Waals surface area contributed by atoms with E-state index >= 15 is 0 Å². The first kappa shape index (κ1) is 9.06. The molecule has 0 aliphatic carbocycles. The van der Waals surface area contributed by atoms with E-state index in [1.165, 1.54) is 11.3 Å². The Morgan fingerprint density at radius 2 is 2.25 bits per heavy atom. The predicted molar refractivity (Wildman–Crippen MR) is 51.6 cm³/mol. The van der Waals surface area contributed by atoms with Gasteiger partial charge in [0.1, 0.15) is 0 Å². The number of anilines is 1. The fourth-order valence-corrected chi connectivity index (χ4v) is 1.60. The highest BCUT2D eigenvalue weighted by molar-refractivity contribution is 7.23. The largest absolute Gasteiger partial charge is 0.477 e. The molecule has 0 bridgehead atoms. The Morgan fingerprint density at radius 1 is 1.67 bits per heavy atom. The minimum atomic E-state index is -0.961. The van der Waals surface area contributed by atoms with Gasteiger partial charge in [-0.1, -0.05) is 0 Å². The fraction of sp³-hybridized carbons (Fsp3) is 0.333. The zero-order chi connectivity index (χ0) is 9.30. The van der Waals surface area contributed by atoms with Crippen LogP contribution in [0.3, 0.4) is 0 Å². The topological polar surface area (TPSA) is 53.4 Å². The van der Waals surface area contributed by atoms with Crippen molar-refractivity contribution in [3.63, 3.8) is 0 Å². The second kappa shape index (κ2) is 3.14. The lowest BCUT2D eigenvalue weighted by molar-refractivity contribution is 0.0693. The van der Waals surface area contributed by atoms with Crippen LogP contribution in [0.4, 0.5) is 5.13 Å². The number of thiazole rings is 1. The molecule has 12 heavy (non-hydrogen) atoms. The monoisotopic (exact) mass is 184 g/mol. The van der Waals surface area contributed by atoms with Crippen molar-refractivity contribution < 1.29 is 9.90 Å². The van der Waals surface area contributed by atoms with E-state index in [4.69, 9.17) is 5.11 Å². The normalized spacial score (nSPS) is 9.83. The molecule has 1 aromatic heterocycles. The molecule has 0 fully saturated rings. The molecule has 1 N–H and O–H groups in total. The van der Waals surface area contributed by atoms with Crippen molar-refractivity contribution in [2.45, 2.75) is 0 Å². The second-order valence-electron chi connectivity index (χ2n) is 2.60. The van der Waals surface area contributed by atoms with E-state index in [1.807, 2.05) is 14.1 Å². The maximum absolute atomic E-state index is 10.6. The number of nitrogens with zero attached hydrogens (tertiary/aromatic N) is 2. The van der Waals surface area contributed by atoms with Gasteiger partial charge in [-0.25, -0.2) is 9.78 Å². The summed E-state index contributed by atoms with van der Waals surface area (Å²) in [6.07, 6.45) is 0. The third-order valence-electron chi connectivity index (χ3n) is 1.37. The summed E-state index contributed by atoms with van der Waals surface area (Å²) in [7, 11) is 5.43. The van der Waals surface area contributed by atoms with E-state index in [9.17, 15) is 4.79 Å². The van der Waals surface area contributed by atoms with Crippen LogP contribution >= 0.6 is 11.3 Å². The lowest BCUT2D eigenvalue weighted by Crippen LogP contribution is -2.11. The maximum Gasteiger partial charge on any atom is 0.354 e. The van der Waals surface area contributed by atoms with Crippen LogP contribution in [-0.4, -0.2) is 38.0 Å². The van der Waals surface area contributed by atoms with Crippen molar-refractivity contribution in [2.24, 2.45) is 0 Å². The molecule has 0 saturated heterocycles. The molecule has 0 saturated carbocycles. The van der Waals surface area contributed by atoms with Crippen LogP contribution in [0.1, 0.15) is 10.5 Å². The second-order valence-corrected chi connectivity index (χ2v) is 3.78. The van der Waals surface area contributed by atoms with E-state index in [0.717, 1.165) is 9.91 Å². The molecule has 0 radical (unpaired) electrons. The van der Waals surface area contributed by atoms with Gasteiger partial charge in [-0.2, -0.15) is 0 Å². The summed E-state index contributed by atoms with van der Waals surface area (Å²) in [5, 5.41) is 9.41. The van der Waals surface area contributed by atoms with Gasteiger partial charge in [0.05, 0.1) is 0 Å². The lowest BCUT2D eigenvalue weighted by atomic mass is 10.1. The van der Waals surface area contributed by atoms with Crippen LogP contribution in [0.2, 0.25) is 0 Å². The summed E-state index contributed by atoms with van der Waals surface area (Å²) in [5.41, 5.74) is 0.156. The summed E-state index contributed by atoms with van der Waals surface area (Å²) in [6.45, 7) is 0. The van der Waals surface area contributed by atoms with Crippen LogP contribution in [0.25, 0.3) is 0 Å². The Morgan fingerprint density at radius 3 is 2.50 bits per heavy atom. The van der Waals surface area contributed by atoms with E-state index < -0.39 is 5.97 Å². The molecule has 4 nitrogen and oxygen atoms in total. The summed E-state index contributed by atoms with van der Waals surface area (Å²) < 4.78 is 0.742. The number of aromatic carboxylic acids is 1. The number of hydrogen-bond donors (Lipinski definition) is 1. The highest BCUT2D eigenvalue weighted by Crippen LogP contribution is 2.14. The molecule has 1 heterocycles. The average molecular weight is 184 g/mol. The number of carboxylic acids is 1. The average Bonchev–Trinajstić information content (AvgIpc) is 2.30. The van der Waals surface area contributed by atoms with Crippen molar-refractivity contribution in [2.75, 3.05) is 19.0 Å². The zero-order valence-electron chi connectivity index (χ0n) is 7.16. The fourth-order valence-electron chi connectivity index (χ4n) is 0.772. The van der Waals surface area contributed by atoms with Gasteiger partial charge in [-0.15, -0.1) is 11.3 Å². The third-order valence-corrected chi connectivity index (χ3v) is 2.51. The molecule has 64 valence electrons.